The van der Waals surface area contributed by atoms with Gasteiger partial charge in [0.2, 0.25) is 0 Å². The SMILES string of the molecule is C[Si](C)(C)C1=CC[C-]=C1.C[Si](C)=[Zr+2].Cl.Cl.c1ccc2[cH-]ccc2c1. The molecule has 0 amide bonds. The quantitative estimate of drug-likeness (QED) is 0.317. The van der Waals surface area contributed by atoms with Crippen molar-refractivity contribution in [1.29, 1.82) is 0 Å². The van der Waals surface area contributed by atoms with Crippen LogP contribution in [0.5, 0.6) is 0 Å². The van der Waals surface area contributed by atoms with Crippen LogP contribution in [0.15, 0.2) is 59.8 Å². The van der Waals surface area contributed by atoms with Crippen LogP contribution < -0.4 is 0 Å². The molecule has 1 aliphatic carbocycles. The minimum absolute atomic E-state index is 0. The number of allylic oxidation sites excluding steroid dienone is 4. The molecule has 130 valence electrons. The average molecular weight is 475 g/mol. The standard InChI is InChI=1S/C9H7.C8H13Si.C2H6Si.2ClH.Zr/c1-2-5-9-7-3-6-8(9)4-1;1-9(2,3)8-6-4-5-7-8;1-3-2;;;/h1-7H;6-7H,4H2,1-3H3;1-2H3;2*1H;/q2*-1;;;;+2. The molecule has 0 fully saturated rings. The third-order valence-electron chi connectivity index (χ3n) is 3.11. The predicted molar refractivity (Wildman–Crippen MR) is 115 cm³/mol. The summed E-state index contributed by atoms with van der Waals surface area (Å²) >= 11 is 1.74. The summed E-state index contributed by atoms with van der Waals surface area (Å²) in [5.41, 5.74) is 0.210. The van der Waals surface area contributed by atoms with Crippen LogP contribution in [0, 0.1) is 6.08 Å². The van der Waals surface area contributed by atoms with Gasteiger partial charge in [-0.25, -0.2) is 11.3 Å². The van der Waals surface area contributed by atoms with Gasteiger partial charge in [-0.1, -0.05) is 25.7 Å². The maximum Gasteiger partial charge on any atom is -0.0809 e. The average Bonchev–Trinajstić information content (AvgIpc) is 3.10. The van der Waals surface area contributed by atoms with Crippen molar-refractivity contribution in [3.63, 3.8) is 0 Å². The molecule has 0 saturated carbocycles. The van der Waals surface area contributed by atoms with E-state index in [1.54, 1.807) is 28.5 Å². The molecule has 0 unspecified atom stereocenters. The largest absolute Gasteiger partial charge is 0.168 e. The smallest absolute Gasteiger partial charge is 0.0809 e. The van der Waals surface area contributed by atoms with Crippen molar-refractivity contribution in [3.8, 4) is 0 Å². The van der Waals surface area contributed by atoms with Crippen LogP contribution in [0.3, 0.4) is 0 Å². The zero-order valence-electron chi connectivity index (χ0n) is 15.2. The summed E-state index contributed by atoms with van der Waals surface area (Å²) in [7, 11) is -0.981. The first kappa shape index (κ1) is 26.4. The fourth-order valence-electron chi connectivity index (χ4n) is 1.99. The summed E-state index contributed by atoms with van der Waals surface area (Å²) < 4.78 is 0. The molecule has 0 spiro atoms. The van der Waals surface area contributed by atoms with Crippen molar-refractivity contribution in [2.24, 2.45) is 0 Å². The molecule has 0 N–H and O–H groups in total. The monoisotopic (exact) mass is 472 g/mol. The third kappa shape index (κ3) is 10.9. The van der Waals surface area contributed by atoms with E-state index in [0.29, 0.717) is 0 Å². The van der Waals surface area contributed by atoms with E-state index in [4.69, 9.17) is 0 Å². The van der Waals surface area contributed by atoms with Gasteiger partial charge < -0.3 is 0 Å². The van der Waals surface area contributed by atoms with Gasteiger partial charge in [0.25, 0.3) is 0 Å². The molecule has 0 radical (unpaired) electrons. The van der Waals surface area contributed by atoms with Gasteiger partial charge in [-0.15, -0.1) is 60.9 Å². The van der Waals surface area contributed by atoms with Gasteiger partial charge in [-0.2, -0.15) is 23.6 Å². The second-order valence-electron chi connectivity index (χ2n) is 6.62. The van der Waals surface area contributed by atoms with Gasteiger partial charge in [0.1, 0.15) is 0 Å². The van der Waals surface area contributed by atoms with Crippen LogP contribution in [-0.2, 0) is 23.3 Å². The number of hydrogen-bond donors (Lipinski definition) is 0. The molecule has 0 nitrogen and oxygen atoms in total. The summed E-state index contributed by atoms with van der Waals surface area (Å²) in [5.74, 6) is 0. The van der Waals surface area contributed by atoms with Gasteiger partial charge in [0, 0.05) is 0 Å². The van der Waals surface area contributed by atoms with Gasteiger partial charge in [0.05, 0.1) is 0 Å². The Morgan fingerprint density at radius 2 is 1.67 bits per heavy atom. The molecule has 2 aromatic rings. The molecule has 3 rings (SSSR count). The maximum atomic E-state index is 3.20. The van der Waals surface area contributed by atoms with E-state index >= 15 is 0 Å². The van der Waals surface area contributed by atoms with Crippen LogP contribution in [0.1, 0.15) is 6.42 Å². The molecule has 5 heteroatoms. The molecule has 2 aromatic carbocycles. The Labute approximate surface area is 176 Å². The Kier molecular flexibility index (Phi) is 14.8. The first-order valence-electron chi connectivity index (χ1n) is 7.70. The van der Waals surface area contributed by atoms with Crippen LogP contribution in [0.2, 0.25) is 32.7 Å². The number of fused-ring (bicyclic) bond motifs is 1. The van der Waals surface area contributed by atoms with Crippen molar-refractivity contribution in [3.05, 3.63) is 65.9 Å². The first-order chi connectivity index (χ1) is 10.3. The number of hydrogen-bond acceptors (Lipinski definition) is 0. The Morgan fingerprint density at radius 1 is 1.08 bits per heavy atom. The minimum atomic E-state index is -0.981. The van der Waals surface area contributed by atoms with E-state index in [2.05, 4.69) is 93.4 Å². The van der Waals surface area contributed by atoms with Crippen molar-refractivity contribution < 1.29 is 23.3 Å². The maximum absolute atomic E-state index is 3.20. The van der Waals surface area contributed by atoms with E-state index in [0.717, 1.165) is 6.42 Å². The fourth-order valence-corrected chi connectivity index (χ4v) is 3.24. The summed E-state index contributed by atoms with van der Waals surface area (Å²) in [6.45, 7) is 11.7. The molecule has 0 atom stereocenters. The second kappa shape index (κ2) is 13.4. The Morgan fingerprint density at radius 3 is 2.08 bits per heavy atom. The molecular weight excluding hydrogens is 447 g/mol. The molecule has 0 aromatic heterocycles. The molecular formula is C19H28Cl2Si2Zr. The van der Waals surface area contributed by atoms with Gasteiger partial charge >= 0.3 is 41.9 Å². The molecule has 0 aliphatic heterocycles. The van der Waals surface area contributed by atoms with Crippen LogP contribution in [0.25, 0.3) is 10.8 Å². The topological polar surface area (TPSA) is 0 Å². The molecule has 1 aliphatic rings. The molecule has 0 bridgehead atoms. The third-order valence-corrected chi connectivity index (χ3v) is 5.19. The Balaban J connectivity index is 0. The van der Waals surface area contributed by atoms with Crippen molar-refractivity contribution in [2.75, 3.05) is 0 Å². The summed E-state index contributed by atoms with van der Waals surface area (Å²) in [6, 6.07) is 14.7. The fraction of sp³-hybridized carbons (Fsp3) is 0.316. The van der Waals surface area contributed by atoms with E-state index in [-0.39, 0.29) is 30.2 Å². The van der Waals surface area contributed by atoms with Crippen molar-refractivity contribution in [2.45, 2.75) is 39.2 Å². The predicted octanol–water partition coefficient (Wildman–Crippen LogP) is 6.74. The Bertz CT molecular complexity index is 633. The number of rotatable bonds is 1. The van der Waals surface area contributed by atoms with E-state index in [1.807, 2.05) is 0 Å². The second-order valence-corrected chi connectivity index (χ2v) is 21.1. The molecule has 24 heavy (non-hydrogen) atoms. The zero-order chi connectivity index (χ0) is 16.6. The van der Waals surface area contributed by atoms with E-state index in [1.165, 1.54) is 10.8 Å². The van der Waals surface area contributed by atoms with Crippen LogP contribution in [-0.4, -0.2) is 13.5 Å². The normalized spacial score (nSPS) is 11.9. The van der Waals surface area contributed by atoms with Gasteiger partial charge in [0.15, 0.2) is 0 Å². The zero-order valence-corrected chi connectivity index (χ0v) is 21.3. The summed E-state index contributed by atoms with van der Waals surface area (Å²) in [5, 5.41) is 4.22. The Hall–Kier alpha value is 0.207. The molecule has 0 heterocycles. The van der Waals surface area contributed by atoms with Gasteiger partial charge in [-0.05, 0) is 8.07 Å². The number of halogens is 2. The van der Waals surface area contributed by atoms with E-state index in [9.17, 15) is 0 Å². The van der Waals surface area contributed by atoms with Crippen LogP contribution >= 0.6 is 24.8 Å². The minimum Gasteiger partial charge on any atom is -0.168 e. The van der Waals surface area contributed by atoms with Gasteiger partial charge in [-0.3, -0.25) is 6.08 Å². The number of benzene rings is 1. The van der Waals surface area contributed by atoms with Crippen molar-refractivity contribution in [1.82, 2.24) is 0 Å². The van der Waals surface area contributed by atoms with Crippen LogP contribution in [0.4, 0.5) is 0 Å². The van der Waals surface area contributed by atoms with E-state index < -0.39 is 8.07 Å². The summed E-state index contributed by atoms with van der Waals surface area (Å²) in [4.78, 5) is 0. The van der Waals surface area contributed by atoms with Crippen molar-refractivity contribution >= 4 is 49.1 Å². The first-order valence-corrected chi connectivity index (χ1v) is 17.4. The summed E-state index contributed by atoms with van der Waals surface area (Å²) in [6.07, 6.45) is 8.69. The molecule has 0 saturated heterocycles.